The molecule has 0 aromatic rings. The van der Waals surface area contributed by atoms with Gasteiger partial charge in [0.15, 0.2) is 0 Å². The Kier molecular flexibility index (Phi) is 4.76. The highest BCUT2D eigenvalue weighted by Crippen LogP contribution is 2.12. The molecule has 0 aromatic heterocycles. The molecule has 1 N–H and O–H groups in total. The third-order valence-corrected chi connectivity index (χ3v) is 3.42. The molecule has 98 valence electrons. The van der Waals surface area contributed by atoms with Crippen LogP contribution in [0.2, 0.25) is 0 Å². The van der Waals surface area contributed by atoms with Gasteiger partial charge in [-0.2, -0.15) is 0 Å². The van der Waals surface area contributed by atoms with Gasteiger partial charge in [0.05, 0.1) is 13.2 Å². The van der Waals surface area contributed by atoms with Crippen molar-refractivity contribution in [2.45, 2.75) is 19.4 Å². The maximum atomic E-state index is 11.9. The molecule has 2 atom stereocenters. The highest BCUT2D eigenvalue weighted by Gasteiger charge is 2.23. The Morgan fingerprint density at radius 3 is 3.18 bits per heavy atom. The maximum Gasteiger partial charge on any atom is 0.248 e. The molecule has 2 aliphatic heterocycles. The highest BCUT2D eigenvalue weighted by molar-refractivity contribution is 5.77. The fourth-order valence-electron chi connectivity index (χ4n) is 2.32. The van der Waals surface area contributed by atoms with Crippen LogP contribution in [-0.2, 0) is 14.3 Å². The van der Waals surface area contributed by atoms with Gasteiger partial charge in [-0.25, -0.2) is 0 Å². The van der Waals surface area contributed by atoms with Crippen LogP contribution in [0.5, 0.6) is 0 Å². The lowest BCUT2D eigenvalue weighted by Gasteiger charge is -2.33. The molecule has 2 heterocycles. The van der Waals surface area contributed by atoms with Gasteiger partial charge in [0.2, 0.25) is 5.91 Å². The Morgan fingerprint density at radius 1 is 1.59 bits per heavy atom. The number of carbonyl (C=O) groups excluding carboxylic acids is 1. The van der Waals surface area contributed by atoms with Crippen LogP contribution >= 0.6 is 0 Å². The number of rotatable bonds is 4. The first-order valence-electron chi connectivity index (χ1n) is 6.43. The highest BCUT2D eigenvalue weighted by atomic mass is 16.5. The zero-order valence-electron chi connectivity index (χ0n) is 10.5. The van der Waals surface area contributed by atoms with Gasteiger partial charge >= 0.3 is 0 Å². The van der Waals surface area contributed by atoms with E-state index in [-0.39, 0.29) is 18.6 Å². The summed E-state index contributed by atoms with van der Waals surface area (Å²) in [6.45, 7) is 7.07. The molecule has 2 rings (SSSR count). The van der Waals surface area contributed by atoms with E-state index >= 15 is 0 Å². The molecule has 0 radical (unpaired) electrons. The van der Waals surface area contributed by atoms with Crippen LogP contribution in [0.4, 0.5) is 0 Å². The predicted octanol–water partition coefficient (Wildman–Crippen LogP) is -0.140. The first kappa shape index (κ1) is 12.8. The average Bonchev–Trinajstić information content (AvgIpc) is 2.82. The molecule has 0 spiro atoms. The van der Waals surface area contributed by atoms with Crippen LogP contribution in [-0.4, -0.2) is 62.9 Å². The molecular weight excluding hydrogens is 220 g/mol. The van der Waals surface area contributed by atoms with Crippen LogP contribution in [0, 0.1) is 5.92 Å². The molecule has 0 saturated carbocycles. The fraction of sp³-hybridized carbons (Fsp3) is 0.917. The van der Waals surface area contributed by atoms with Crippen LogP contribution < -0.4 is 5.32 Å². The first-order valence-corrected chi connectivity index (χ1v) is 6.43. The molecule has 0 aromatic carbocycles. The summed E-state index contributed by atoms with van der Waals surface area (Å²) in [5.74, 6) is 0.584. The lowest BCUT2D eigenvalue weighted by molar-refractivity contribution is -0.139. The molecule has 0 bridgehead atoms. The summed E-state index contributed by atoms with van der Waals surface area (Å²) in [6, 6.07) is 0.273. The Hall–Kier alpha value is -0.650. The number of ether oxygens (including phenoxy) is 2. The SMILES string of the molecule is CC1CNCCN1C(=O)COCC1CCOC1. The summed E-state index contributed by atoms with van der Waals surface area (Å²) in [7, 11) is 0. The van der Waals surface area contributed by atoms with E-state index in [1.54, 1.807) is 0 Å². The lowest BCUT2D eigenvalue weighted by atomic mass is 10.1. The number of hydrogen-bond acceptors (Lipinski definition) is 4. The van der Waals surface area contributed by atoms with E-state index in [0.29, 0.717) is 12.5 Å². The van der Waals surface area contributed by atoms with Crippen molar-refractivity contribution in [1.29, 1.82) is 0 Å². The van der Waals surface area contributed by atoms with E-state index in [1.165, 1.54) is 0 Å². The molecule has 1 amide bonds. The number of nitrogens with zero attached hydrogens (tertiary/aromatic N) is 1. The zero-order chi connectivity index (χ0) is 12.1. The summed E-state index contributed by atoms with van der Waals surface area (Å²) >= 11 is 0. The van der Waals surface area contributed by atoms with Crippen molar-refractivity contribution in [2.24, 2.45) is 5.92 Å². The summed E-state index contributed by atoms with van der Waals surface area (Å²) in [6.07, 6.45) is 1.05. The molecule has 17 heavy (non-hydrogen) atoms. The molecule has 2 aliphatic rings. The Labute approximate surface area is 102 Å². The normalized spacial score (nSPS) is 29.6. The molecule has 2 unspecified atom stereocenters. The van der Waals surface area contributed by atoms with Gasteiger partial charge in [-0.15, -0.1) is 0 Å². The Bertz CT molecular complexity index is 254. The van der Waals surface area contributed by atoms with Gasteiger partial charge in [-0.05, 0) is 13.3 Å². The van der Waals surface area contributed by atoms with Crippen molar-refractivity contribution in [3.8, 4) is 0 Å². The van der Waals surface area contributed by atoms with Crippen molar-refractivity contribution in [2.75, 3.05) is 46.1 Å². The van der Waals surface area contributed by atoms with Crippen LogP contribution in [0.15, 0.2) is 0 Å². The largest absolute Gasteiger partial charge is 0.381 e. The van der Waals surface area contributed by atoms with E-state index in [1.807, 2.05) is 4.90 Å². The molecular formula is C12H22N2O3. The number of nitrogens with one attached hydrogen (secondary N) is 1. The predicted molar refractivity (Wildman–Crippen MR) is 63.8 cm³/mol. The third-order valence-electron chi connectivity index (χ3n) is 3.42. The van der Waals surface area contributed by atoms with Crippen molar-refractivity contribution in [1.82, 2.24) is 10.2 Å². The topological polar surface area (TPSA) is 50.8 Å². The summed E-state index contributed by atoms with van der Waals surface area (Å²) in [5, 5.41) is 3.27. The van der Waals surface area contributed by atoms with Crippen LogP contribution in [0.1, 0.15) is 13.3 Å². The monoisotopic (exact) mass is 242 g/mol. The number of carbonyl (C=O) groups is 1. The molecule has 2 fully saturated rings. The quantitative estimate of drug-likeness (QED) is 0.745. The lowest BCUT2D eigenvalue weighted by Crippen LogP contribution is -2.53. The zero-order valence-corrected chi connectivity index (χ0v) is 10.5. The third kappa shape index (κ3) is 3.66. The molecule has 0 aliphatic carbocycles. The minimum atomic E-state index is 0.109. The Morgan fingerprint density at radius 2 is 2.47 bits per heavy atom. The van der Waals surface area contributed by atoms with E-state index in [4.69, 9.17) is 9.47 Å². The van der Waals surface area contributed by atoms with Crippen molar-refractivity contribution in [3.63, 3.8) is 0 Å². The minimum absolute atomic E-state index is 0.109. The van der Waals surface area contributed by atoms with Crippen LogP contribution in [0.3, 0.4) is 0 Å². The number of piperazine rings is 1. The van der Waals surface area contributed by atoms with Crippen molar-refractivity contribution < 1.29 is 14.3 Å². The van der Waals surface area contributed by atoms with E-state index in [2.05, 4.69) is 12.2 Å². The van der Waals surface area contributed by atoms with Crippen LogP contribution in [0.25, 0.3) is 0 Å². The summed E-state index contributed by atoms with van der Waals surface area (Å²) in [5.41, 5.74) is 0. The van der Waals surface area contributed by atoms with Gasteiger partial charge < -0.3 is 19.7 Å². The van der Waals surface area contributed by atoms with Gasteiger partial charge in [0.1, 0.15) is 6.61 Å². The van der Waals surface area contributed by atoms with E-state index in [9.17, 15) is 4.79 Å². The standard InChI is InChI=1S/C12H22N2O3/c1-10-6-13-3-4-14(10)12(15)9-17-8-11-2-5-16-7-11/h10-11,13H,2-9H2,1H3. The van der Waals surface area contributed by atoms with Gasteiger partial charge in [-0.1, -0.05) is 0 Å². The summed E-state index contributed by atoms with van der Waals surface area (Å²) < 4.78 is 10.8. The first-order chi connectivity index (χ1) is 8.27. The molecule has 5 heteroatoms. The van der Waals surface area contributed by atoms with Gasteiger partial charge in [0.25, 0.3) is 0 Å². The van der Waals surface area contributed by atoms with E-state index < -0.39 is 0 Å². The van der Waals surface area contributed by atoms with Crippen molar-refractivity contribution >= 4 is 5.91 Å². The molecule has 5 nitrogen and oxygen atoms in total. The second-order valence-corrected chi connectivity index (χ2v) is 4.89. The number of hydrogen-bond donors (Lipinski definition) is 1. The maximum absolute atomic E-state index is 11.9. The minimum Gasteiger partial charge on any atom is -0.381 e. The number of amides is 1. The van der Waals surface area contributed by atoms with Gasteiger partial charge in [0, 0.05) is 38.2 Å². The fourth-order valence-corrected chi connectivity index (χ4v) is 2.32. The second kappa shape index (κ2) is 6.33. The average molecular weight is 242 g/mol. The smallest absolute Gasteiger partial charge is 0.248 e. The Balaban J connectivity index is 1.65. The van der Waals surface area contributed by atoms with E-state index in [0.717, 1.165) is 39.3 Å². The molecule has 2 saturated heterocycles. The van der Waals surface area contributed by atoms with Crippen molar-refractivity contribution in [3.05, 3.63) is 0 Å². The van der Waals surface area contributed by atoms with Gasteiger partial charge in [-0.3, -0.25) is 4.79 Å². The summed E-state index contributed by atoms with van der Waals surface area (Å²) in [4.78, 5) is 13.8. The second-order valence-electron chi connectivity index (χ2n) is 4.89.